The molecule has 0 atom stereocenters. The van der Waals surface area contributed by atoms with Gasteiger partial charge in [-0.05, 0) is 55.8 Å². The van der Waals surface area contributed by atoms with E-state index >= 15 is 0 Å². The Balaban J connectivity index is 1.57. The van der Waals surface area contributed by atoms with Gasteiger partial charge in [0.25, 0.3) is 5.56 Å². The summed E-state index contributed by atoms with van der Waals surface area (Å²) in [5, 5.41) is 10.3. The number of aryl methyl sites for hydroxylation is 1. The van der Waals surface area contributed by atoms with Gasteiger partial charge in [0.05, 0.1) is 24.2 Å². The highest BCUT2D eigenvalue weighted by Crippen LogP contribution is 2.22. The fourth-order valence-electron chi connectivity index (χ4n) is 3.09. The van der Waals surface area contributed by atoms with Crippen molar-refractivity contribution in [2.24, 2.45) is 0 Å². The van der Waals surface area contributed by atoms with Gasteiger partial charge in [-0.25, -0.2) is 4.98 Å². The van der Waals surface area contributed by atoms with Crippen molar-refractivity contribution in [3.05, 3.63) is 70.6 Å². The molecule has 2 heterocycles. The zero-order valence-corrected chi connectivity index (χ0v) is 17.9. The number of fused-ring (bicyclic) bond motifs is 1. The molecular weight excluding hydrogens is 414 g/mol. The maximum Gasteiger partial charge on any atom is 0.269 e. The number of hydrogen-bond acceptors (Lipinski definition) is 6. The van der Waals surface area contributed by atoms with E-state index in [1.165, 1.54) is 22.5 Å². The van der Waals surface area contributed by atoms with Crippen molar-refractivity contribution in [3.8, 4) is 11.4 Å². The van der Waals surface area contributed by atoms with E-state index in [1.807, 2.05) is 38.1 Å². The number of nitrogens with one attached hydrogen (secondary N) is 2. The molecule has 0 unspecified atom stereocenters. The zero-order valence-electron chi connectivity index (χ0n) is 17.1. The van der Waals surface area contributed by atoms with Gasteiger partial charge in [-0.3, -0.25) is 19.3 Å². The van der Waals surface area contributed by atoms with Gasteiger partial charge in [0, 0.05) is 5.69 Å². The maximum absolute atomic E-state index is 13.1. The number of amides is 1. The second-order valence-corrected chi connectivity index (χ2v) is 7.74. The number of carbonyl (C=O) groups excluding carboxylic acids is 1. The molecule has 158 valence electrons. The van der Waals surface area contributed by atoms with E-state index in [0.29, 0.717) is 34.2 Å². The molecule has 2 aromatic carbocycles. The smallest absolute Gasteiger partial charge is 0.269 e. The van der Waals surface area contributed by atoms with Crippen LogP contribution in [0.1, 0.15) is 12.5 Å². The van der Waals surface area contributed by atoms with Gasteiger partial charge in [0.15, 0.2) is 10.8 Å². The molecule has 2 aromatic heterocycles. The molecule has 0 radical (unpaired) electrons. The number of benzene rings is 2. The minimum Gasteiger partial charge on any atom is -0.494 e. The summed E-state index contributed by atoms with van der Waals surface area (Å²) in [6, 6.07) is 14.7. The molecule has 31 heavy (non-hydrogen) atoms. The fourth-order valence-corrected chi connectivity index (χ4v) is 3.90. The van der Waals surface area contributed by atoms with Crippen LogP contribution in [0, 0.1) is 6.92 Å². The molecule has 4 rings (SSSR count). The summed E-state index contributed by atoms with van der Waals surface area (Å²) in [4.78, 5) is 30.1. The number of ether oxygens (including phenoxy) is 1. The fraction of sp³-hybridized carbons (Fsp3) is 0.182. The molecule has 0 bridgehead atoms. The van der Waals surface area contributed by atoms with E-state index in [-0.39, 0.29) is 17.2 Å². The van der Waals surface area contributed by atoms with Crippen LogP contribution in [0.2, 0.25) is 0 Å². The van der Waals surface area contributed by atoms with Gasteiger partial charge >= 0.3 is 0 Å². The van der Waals surface area contributed by atoms with Gasteiger partial charge in [0.2, 0.25) is 5.91 Å². The summed E-state index contributed by atoms with van der Waals surface area (Å²) >= 11 is 1.19. The number of rotatable bonds is 7. The van der Waals surface area contributed by atoms with Crippen molar-refractivity contribution in [2.75, 3.05) is 17.7 Å². The monoisotopic (exact) mass is 435 g/mol. The standard InChI is InChI=1S/C22H21N5O3S/c1-3-30-17-9-7-15(8-10-17)24-19(28)13-31-22-25-20-18(12-23-26-20)21(29)27(22)16-6-4-5-14(2)11-16/h4-12H,3,13H2,1-2H3,(H,23,26)(H,24,28). The number of thioether (sulfide) groups is 1. The first-order valence-corrected chi connectivity index (χ1v) is 10.7. The summed E-state index contributed by atoms with van der Waals surface area (Å²) in [5.74, 6) is 0.628. The van der Waals surface area contributed by atoms with Crippen LogP contribution in [0.25, 0.3) is 16.7 Å². The quantitative estimate of drug-likeness (QED) is 0.340. The number of aromatic nitrogens is 4. The van der Waals surface area contributed by atoms with Gasteiger partial charge < -0.3 is 10.1 Å². The minimum atomic E-state index is -0.237. The second kappa shape index (κ2) is 9.05. The van der Waals surface area contributed by atoms with Gasteiger partial charge in [-0.2, -0.15) is 5.10 Å². The van der Waals surface area contributed by atoms with E-state index in [2.05, 4.69) is 20.5 Å². The van der Waals surface area contributed by atoms with Crippen molar-refractivity contribution in [1.29, 1.82) is 0 Å². The molecular formula is C22H21N5O3S. The third-order valence-electron chi connectivity index (χ3n) is 4.49. The lowest BCUT2D eigenvalue weighted by Crippen LogP contribution is -2.22. The Hall–Kier alpha value is -3.59. The van der Waals surface area contributed by atoms with Crippen LogP contribution in [0.4, 0.5) is 5.69 Å². The highest BCUT2D eigenvalue weighted by molar-refractivity contribution is 7.99. The average molecular weight is 436 g/mol. The molecule has 0 saturated carbocycles. The van der Waals surface area contributed by atoms with Crippen LogP contribution in [-0.2, 0) is 4.79 Å². The molecule has 2 N–H and O–H groups in total. The number of carbonyl (C=O) groups is 1. The summed E-state index contributed by atoms with van der Waals surface area (Å²) in [7, 11) is 0. The predicted octanol–water partition coefficient (Wildman–Crippen LogP) is 3.55. The lowest BCUT2D eigenvalue weighted by molar-refractivity contribution is -0.113. The Bertz CT molecular complexity index is 1280. The SMILES string of the molecule is CCOc1ccc(NC(=O)CSc2nc3[nH]ncc3c(=O)n2-c2cccc(C)c2)cc1. The number of aromatic amines is 1. The van der Waals surface area contributed by atoms with Gasteiger partial charge in [-0.1, -0.05) is 23.9 Å². The molecule has 1 amide bonds. The van der Waals surface area contributed by atoms with Gasteiger partial charge in [0.1, 0.15) is 11.1 Å². The van der Waals surface area contributed by atoms with Gasteiger partial charge in [-0.15, -0.1) is 0 Å². The summed E-state index contributed by atoms with van der Waals surface area (Å²) in [6.45, 7) is 4.45. The van der Waals surface area contributed by atoms with Crippen molar-refractivity contribution in [1.82, 2.24) is 19.7 Å². The Morgan fingerprint density at radius 2 is 2.03 bits per heavy atom. The van der Waals surface area contributed by atoms with E-state index < -0.39 is 0 Å². The van der Waals surface area contributed by atoms with Crippen LogP contribution in [0.3, 0.4) is 0 Å². The molecule has 0 saturated heterocycles. The highest BCUT2D eigenvalue weighted by atomic mass is 32.2. The van der Waals surface area contributed by atoms with E-state index in [0.717, 1.165) is 11.3 Å². The zero-order chi connectivity index (χ0) is 21.8. The summed E-state index contributed by atoms with van der Waals surface area (Å²) < 4.78 is 6.92. The first-order chi connectivity index (χ1) is 15.0. The predicted molar refractivity (Wildman–Crippen MR) is 121 cm³/mol. The Labute approximate surface area is 182 Å². The lowest BCUT2D eigenvalue weighted by Gasteiger charge is -2.12. The number of nitrogens with zero attached hydrogens (tertiary/aromatic N) is 3. The third kappa shape index (κ3) is 4.61. The Morgan fingerprint density at radius 1 is 1.23 bits per heavy atom. The lowest BCUT2D eigenvalue weighted by atomic mass is 10.2. The van der Waals surface area contributed by atoms with Crippen LogP contribution in [0.5, 0.6) is 5.75 Å². The van der Waals surface area contributed by atoms with E-state index in [9.17, 15) is 9.59 Å². The van der Waals surface area contributed by atoms with Crippen LogP contribution >= 0.6 is 11.8 Å². The summed E-state index contributed by atoms with van der Waals surface area (Å²) in [5.41, 5.74) is 2.53. The van der Waals surface area contributed by atoms with Crippen molar-refractivity contribution in [2.45, 2.75) is 19.0 Å². The Kier molecular flexibility index (Phi) is 6.03. The van der Waals surface area contributed by atoms with Crippen LogP contribution in [0.15, 0.2) is 64.7 Å². The molecule has 9 heteroatoms. The maximum atomic E-state index is 13.1. The molecule has 0 aliphatic carbocycles. The minimum absolute atomic E-state index is 0.0884. The number of hydrogen-bond donors (Lipinski definition) is 2. The Morgan fingerprint density at radius 3 is 2.77 bits per heavy atom. The first kappa shape index (κ1) is 20.7. The van der Waals surface area contributed by atoms with Crippen molar-refractivity contribution >= 4 is 34.4 Å². The largest absolute Gasteiger partial charge is 0.494 e. The first-order valence-electron chi connectivity index (χ1n) is 9.74. The number of anilines is 1. The van der Waals surface area contributed by atoms with E-state index in [1.54, 1.807) is 24.3 Å². The van der Waals surface area contributed by atoms with E-state index in [4.69, 9.17) is 4.74 Å². The topological polar surface area (TPSA) is 102 Å². The average Bonchev–Trinajstić information content (AvgIpc) is 3.23. The second-order valence-electron chi connectivity index (χ2n) is 6.80. The summed E-state index contributed by atoms with van der Waals surface area (Å²) in [6.07, 6.45) is 1.46. The molecule has 0 aliphatic rings. The normalized spacial score (nSPS) is 10.9. The van der Waals surface area contributed by atoms with Crippen molar-refractivity contribution < 1.29 is 9.53 Å². The molecule has 4 aromatic rings. The van der Waals surface area contributed by atoms with Crippen LogP contribution in [-0.4, -0.2) is 38.0 Å². The molecule has 8 nitrogen and oxygen atoms in total. The molecule has 0 fully saturated rings. The van der Waals surface area contributed by atoms with Crippen LogP contribution < -0.4 is 15.6 Å². The number of H-pyrrole nitrogens is 1. The highest BCUT2D eigenvalue weighted by Gasteiger charge is 2.16. The van der Waals surface area contributed by atoms with Crippen molar-refractivity contribution in [3.63, 3.8) is 0 Å². The molecule has 0 spiro atoms. The third-order valence-corrected chi connectivity index (χ3v) is 5.43. The molecule has 0 aliphatic heterocycles.